The summed E-state index contributed by atoms with van der Waals surface area (Å²) in [6, 6.07) is 9.16. The van der Waals surface area contributed by atoms with Gasteiger partial charge in [-0.15, -0.1) is 0 Å². The maximum atomic E-state index is 9.05. The Hall–Kier alpha value is -1.99. The number of rotatable bonds is 4. The molecule has 4 nitrogen and oxygen atoms in total. The molecule has 0 fully saturated rings. The van der Waals surface area contributed by atoms with Crippen LogP contribution >= 0.6 is 11.6 Å². The number of hydrogen-bond donors (Lipinski definition) is 1. The Morgan fingerprint density at radius 1 is 1.37 bits per heavy atom. The van der Waals surface area contributed by atoms with Gasteiger partial charge in [-0.2, -0.15) is 10.2 Å². The minimum Gasteiger partial charge on any atom is -0.419 e. The Bertz CT molecular complexity index is 596. The Morgan fingerprint density at radius 2 is 2.05 bits per heavy atom. The van der Waals surface area contributed by atoms with Crippen molar-refractivity contribution in [1.29, 1.82) is 5.26 Å². The number of nitriles is 1. The lowest BCUT2D eigenvalue weighted by Crippen LogP contribution is -2.08. The van der Waals surface area contributed by atoms with E-state index in [-0.39, 0.29) is 5.69 Å². The van der Waals surface area contributed by atoms with E-state index in [1.54, 1.807) is 12.1 Å². The summed E-state index contributed by atoms with van der Waals surface area (Å²) < 4.78 is 5.59. The van der Waals surface area contributed by atoms with Crippen molar-refractivity contribution in [3.05, 3.63) is 35.0 Å². The molecule has 0 unspecified atom stereocenters. The third kappa shape index (κ3) is 3.27. The van der Waals surface area contributed by atoms with Crippen LogP contribution in [0.2, 0.25) is 5.02 Å². The normalized spacial score (nSPS) is 10.5. The van der Waals surface area contributed by atoms with Gasteiger partial charge in [-0.25, -0.2) is 0 Å². The third-order valence-corrected chi connectivity index (χ3v) is 2.75. The zero-order valence-corrected chi connectivity index (χ0v) is 11.5. The molecule has 1 N–H and O–H groups in total. The number of hydrogen-bond acceptors (Lipinski definition) is 4. The highest BCUT2D eigenvalue weighted by Gasteiger charge is 2.14. The first-order valence-corrected chi connectivity index (χ1v) is 6.38. The molecular formula is C14H14ClN3O. The van der Waals surface area contributed by atoms with Gasteiger partial charge in [0.05, 0.1) is 0 Å². The van der Waals surface area contributed by atoms with Gasteiger partial charge >= 0.3 is 0 Å². The Morgan fingerprint density at radius 3 is 2.63 bits per heavy atom. The zero-order valence-electron chi connectivity index (χ0n) is 10.8. The van der Waals surface area contributed by atoms with Crippen LogP contribution in [0.4, 0.5) is 5.88 Å². The van der Waals surface area contributed by atoms with Crippen molar-refractivity contribution < 1.29 is 4.42 Å². The average molecular weight is 276 g/mol. The van der Waals surface area contributed by atoms with E-state index in [2.05, 4.69) is 24.1 Å². The Balaban J connectivity index is 2.28. The standard InChI is InChI=1S/C14H14ClN3O/c1-9(2)8-17-14-12(7-16)18-13(19-14)10-3-5-11(15)6-4-10/h3-6,9,17H,8H2,1-2H3. The molecular weight excluding hydrogens is 262 g/mol. The predicted octanol–water partition coefficient (Wildman–Crippen LogP) is 3.93. The quantitative estimate of drug-likeness (QED) is 0.918. The SMILES string of the molecule is CC(C)CNc1oc(-c2ccc(Cl)cc2)nc1C#N. The van der Waals surface area contributed by atoms with E-state index in [4.69, 9.17) is 21.3 Å². The van der Waals surface area contributed by atoms with Crippen LogP contribution in [0.15, 0.2) is 28.7 Å². The maximum absolute atomic E-state index is 9.05. The highest BCUT2D eigenvalue weighted by atomic mass is 35.5. The summed E-state index contributed by atoms with van der Waals surface area (Å²) in [6.07, 6.45) is 0. The lowest BCUT2D eigenvalue weighted by Gasteiger charge is -2.04. The van der Waals surface area contributed by atoms with Gasteiger partial charge in [0.15, 0.2) is 0 Å². The van der Waals surface area contributed by atoms with Crippen LogP contribution in [0, 0.1) is 17.2 Å². The van der Waals surface area contributed by atoms with Crippen LogP contribution in [-0.4, -0.2) is 11.5 Å². The molecule has 1 aromatic carbocycles. The molecule has 1 aromatic heterocycles. The molecule has 0 atom stereocenters. The molecule has 2 rings (SSSR count). The van der Waals surface area contributed by atoms with Crippen LogP contribution in [0.5, 0.6) is 0 Å². The van der Waals surface area contributed by atoms with Gasteiger partial charge in [0.25, 0.3) is 0 Å². The van der Waals surface area contributed by atoms with Crippen molar-refractivity contribution in [3.8, 4) is 17.5 Å². The van der Waals surface area contributed by atoms with E-state index in [1.165, 1.54) is 0 Å². The topological polar surface area (TPSA) is 61.9 Å². The molecule has 0 bridgehead atoms. The molecule has 5 heteroatoms. The van der Waals surface area contributed by atoms with Gasteiger partial charge in [0.1, 0.15) is 6.07 Å². The first kappa shape index (κ1) is 13.4. The summed E-state index contributed by atoms with van der Waals surface area (Å²) in [5, 5.41) is 12.8. The number of anilines is 1. The zero-order chi connectivity index (χ0) is 13.8. The summed E-state index contributed by atoms with van der Waals surface area (Å²) in [6.45, 7) is 4.88. The number of aromatic nitrogens is 1. The molecule has 0 radical (unpaired) electrons. The molecule has 0 saturated carbocycles. The first-order chi connectivity index (χ1) is 9.10. The van der Waals surface area contributed by atoms with Crippen molar-refractivity contribution in [2.24, 2.45) is 5.92 Å². The van der Waals surface area contributed by atoms with Gasteiger partial charge in [-0.05, 0) is 30.2 Å². The number of nitrogens with zero attached hydrogens (tertiary/aromatic N) is 2. The van der Waals surface area contributed by atoms with Crippen LogP contribution in [0.1, 0.15) is 19.5 Å². The minimum atomic E-state index is 0.269. The molecule has 98 valence electrons. The van der Waals surface area contributed by atoms with Gasteiger partial charge < -0.3 is 9.73 Å². The molecule has 19 heavy (non-hydrogen) atoms. The summed E-state index contributed by atoms with van der Waals surface area (Å²) >= 11 is 5.83. The highest BCUT2D eigenvalue weighted by Crippen LogP contribution is 2.26. The van der Waals surface area contributed by atoms with E-state index in [0.717, 1.165) is 12.1 Å². The van der Waals surface area contributed by atoms with E-state index in [1.807, 2.05) is 18.2 Å². The molecule has 0 aliphatic rings. The fourth-order valence-electron chi connectivity index (χ4n) is 1.53. The van der Waals surface area contributed by atoms with Crippen LogP contribution < -0.4 is 5.32 Å². The highest BCUT2D eigenvalue weighted by molar-refractivity contribution is 6.30. The smallest absolute Gasteiger partial charge is 0.232 e. The molecule has 0 aliphatic heterocycles. The minimum absolute atomic E-state index is 0.269. The van der Waals surface area contributed by atoms with Crippen molar-refractivity contribution in [2.75, 3.05) is 11.9 Å². The summed E-state index contributed by atoms with van der Waals surface area (Å²) in [5.74, 6) is 1.29. The van der Waals surface area contributed by atoms with Crippen molar-refractivity contribution in [2.45, 2.75) is 13.8 Å². The lowest BCUT2D eigenvalue weighted by molar-refractivity contribution is 0.574. The Labute approximate surface area is 117 Å². The van der Waals surface area contributed by atoms with Gasteiger partial charge in [-0.1, -0.05) is 25.4 Å². The molecule has 1 heterocycles. The summed E-state index contributed by atoms with van der Waals surface area (Å²) in [4.78, 5) is 4.17. The van der Waals surface area contributed by atoms with Crippen molar-refractivity contribution in [1.82, 2.24) is 4.98 Å². The van der Waals surface area contributed by atoms with E-state index >= 15 is 0 Å². The molecule has 0 saturated heterocycles. The van der Waals surface area contributed by atoms with Crippen molar-refractivity contribution >= 4 is 17.5 Å². The average Bonchev–Trinajstić information content (AvgIpc) is 2.80. The molecule has 0 spiro atoms. The lowest BCUT2D eigenvalue weighted by atomic mass is 10.2. The number of oxazole rings is 1. The second-order valence-electron chi connectivity index (χ2n) is 4.59. The van der Waals surface area contributed by atoms with Crippen LogP contribution in [0.25, 0.3) is 11.5 Å². The van der Waals surface area contributed by atoms with Gasteiger partial charge in [0.2, 0.25) is 17.5 Å². The van der Waals surface area contributed by atoms with E-state index in [9.17, 15) is 0 Å². The summed E-state index contributed by atoms with van der Waals surface area (Å²) in [7, 11) is 0. The fourth-order valence-corrected chi connectivity index (χ4v) is 1.65. The predicted molar refractivity (Wildman–Crippen MR) is 75.0 cm³/mol. The van der Waals surface area contributed by atoms with E-state index in [0.29, 0.717) is 22.7 Å². The van der Waals surface area contributed by atoms with Gasteiger partial charge in [-0.3, -0.25) is 0 Å². The second kappa shape index (κ2) is 5.77. The molecule has 2 aromatic rings. The summed E-state index contributed by atoms with van der Waals surface area (Å²) in [5.41, 5.74) is 1.06. The van der Waals surface area contributed by atoms with Crippen LogP contribution in [0.3, 0.4) is 0 Å². The number of nitrogens with one attached hydrogen (secondary N) is 1. The third-order valence-electron chi connectivity index (χ3n) is 2.50. The largest absolute Gasteiger partial charge is 0.419 e. The number of halogens is 1. The van der Waals surface area contributed by atoms with Crippen LogP contribution in [-0.2, 0) is 0 Å². The van der Waals surface area contributed by atoms with Gasteiger partial charge in [0, 0.05) is 17.1 Å². The second-order valence-corrected chi connectivity index (χ2v) is 5.03. The number of benzene rings is 1. The Kier molecular flexibility index (Phi) is 4.08. The van der Waals surface area contributed by atoms with Crippen molar-refractivity contribution in [3.63, 3.8) is 0 Å². The molecule has 0 amide bonds. The molecule has 0 aliphatic carbocycles. The fraction of sp³-hybridized carbons (Fsp3) is 0.286. The first-order valence-electron chi connectivity index (χ1n) is 6.01. The monoisotopic (exact) mass is 275 g/mol. The van der Waals surface area contributed by atoms with E-state index < -0.39 is 0 Å². The maximum Gasteiger partial charge on any atom is 0.232 e.